The smallest absolute Gasteiger partial charge is 0.224 e. The molecule has 0 spiro atoms. The summed E-state index contributed by atoms with van der Waals surface area (Å²) in [6.45, 7) is 1.81. The summed E-state index contributed by atoms with van der Waals surface area (Å²) < 4.78 is 0. The average Bonchev–Trinajstić information content (AvgIpc) is 2.54. The summed E-state index contributed by atoms with van der Waals surface area (Å²) in [5, 5.41) is 2.91. The van der Waals surface area contributed by atoms with E-state index in [0.29, 0.717) is 12.0 Å². The first-order valence-electron chi connectivity index (χ1n) is 8.14. The summed E-state index contributed by atoms with van der Waals surface area (Å²) in [5.41, 5.74) is 1.41. The molecule has 1 aliphatic rings. The summed E-state index contributed by atoms with van der Waals surface area (Å²) in [7, 11) is 0. The zero-order chi connectivity index (χ0) is 15.9. The molecule has 1 unspecified atom stereocenters. The molecule has 0 aromatic heterocycles. The van der Waals surface area contributed by atoms with E-state index in [4.69, 9.17) is 0 Å². The van der Waals surface area contributed by atoms with Crippen molar-refractivity contribution in [3.63, 3.8) is 0 Å². The van der Waals surface area contributed by atoms with Gasteiger partial charge in [-0.3, -0.25) is 9.59 Å². The normalized spacial score (nSPS) is 17.0. The van der Waals surface area contributed by atoms with Gasteiger partial charge in [0.15, 0.2) is 5.78 Å². The van der Waals surface area contributed by atoms with E-state index in [-0.39, 0.29) is 16.5 Å². The first-order chi connectivity index (χ1) is 10.6. The van der Waals surface area contributed by atoms with E-state index in [1.54, 1.807) is 24.3 Å². The standard InChI is InChI=1S/C18H24BrNO2/c1-13(19)18(22)15-8-10-16(11-9-15)20-17(21)12-7-14-5-3-2-4-6-14/h8-11,13-14H,2-7,12H2,1H3,(H,20,21). The summed E-state index contributed by atoms with van der Waals surface area (Å²) in [6.07, 6.45) is 8.10. The molecule has 1 atom stereocenters. The number of hydrogen-bond donors (Lipinski definition) is 1. The van der Waals surface area contributed by atoms with Gasteiger partial charge >= 0.3 is 0 Å². The number of halogens is 1. The van der Waals surface area contributed by atoms with Gasteiger partial charge < -0.3 is 5.32 Å². The van der Waals surface area contributed by atoms with Crippen LogP contribution in [0.15, 0.2) is 24.3 Å². The molecule has 1 N–H and O–H groups in total. The second kappa shape index (κ2) is 8.47. The molecule has 2 rings (SSSR count). The van der Waals surface area contributed by atoms with Gasteiger partial charge in [0.05, 0.1) is 4.83 Å². The highest BCUT2D eigenvalue weighted by atomic mass is 79.9. The third kappa shape index (κ3) is 5.24. The van der Waals surface area contributed by atoms with Crippen molar-refractivity contribution in [3.05, 3.63) is 29.8 Å². The molecule has 1 amide bonds. The first kappa shape index (κ1) is 17.2. The molecule has 1 aliphatic carbocycles. The van der Waals surface area contributed by atoms with E-state index in [1.807, 2.05) is 6.92 Å². The lowest BCUT2D eigenvalue weighted by molar-refractivity contribution is -0.116. The van der Waals surface area contributed by atoms with Crippen molar-refractivity contribution in [3.8, 4) is 0 Å². The molecule has 1 fully saturated rings. The fourth-order valence-corrected chi connectivity index (χ4v) is 3.25. The second-order valence-electron chi connectivity index (χ2n) is 6.15. The molecule has 0 aliphatic heterocycles. The van der Waals surface area contributed by atoms with Crippen LogP contribution >= 0.6 is 15.9 Å². The molecule has 3 nitrogen and oxygen atoms in total. The van der Waals surface area contributed by atoms with Crippen molar-refractivity contribution >= 4 is 33.3 Å². The van der Waals surface area contributed by atoms with Crippen LogP contribution < -0.4 is 5.32 Å². The molecule has 1 saturated carbocycles. The van der Waals surface area contributed by atoms with Crippen molar-refractivity contribution in [2.24, 2.45) is 5.92 Å². The predicted molar refractivity (Wildman–Crippen MR) is 93.6 cm³/mol. The van der Waals surface area contributed by atoms with Gasteiger partial charge in [-0.1, -0.05) is 48.0 Å². The van der Waals surface area contributed by atoms with Crippen molar-refractivity contribution in [2.75, 3.05) is 5.32 Å². The molecular weight excluding hydrogens is 342 g/mol. The van der Waals surface area contributed by atoms with Gasteiger partial charge in [-0.2, -0.15) is 0 Å². The van der Waals surface area contributed by atoms with Crippen molar-refractivity contribution in [1.29, 1.82) is 0 Å². The van der Waals surface area contributed by atoms with Crippen LogP contribution in [0.3, 0.4) is 0 Å². The first-order valence-corrected chi connectivity index (χ1v) is 9.06. The summed E-state index contributed by atoms with van der Waals surface area (Å²) >= 11 is 3.27. The minimum Gasteiger partial charge on any atom is -0.326 e. The van der Waals surface area contributed by atoms with Crippen molar-refractivity contribution < 1.29 is 9.59 Å². The Morgan fingerprint density at radius 2 is 1.82 bits per heavy atom. The van der Waals surface area contributed by atoms with Gasteiger partial charge in [0.2, 0.25) is 5.91 Å². The second-order valence-corrected chi connectivity index (χ2v) is 7.52. The highest BCUT2D eigenvalue weighted by Gasteiger charge is 2.15. The maximum absolute atomic E-state index is 12.0. The molecular formula is C18H24BrNO2. The summed E-state index contributed by atoms with van der Waals surface area (Å²) in [4.78, 5) is 23.6. The number of benzene rings is 1. The number of Topliss-reactive ketones (excluding diaryl/α,β-unsaturated/α-hetero) is 1. The Hall–Kier alpha value is -1.16. The maximum Gasteiger partial charge on any atom is 0.224 e. The van der Waals surface area contributed by atoms with Gasteiger partial charge in [0, 0.05) is 17.7 Å². The number of rotatable bonds is 6. The zero-order valence-electron chi connectivity index (χ0n) is 13.1. The summed E-state index contributed by atoms with van der Waals surface area (Å²) in [6, 6.07) is 7.11. The van der Waals surface area contributed by atoms with Crippen LogP contribution in [0.1, 0.15) is 62.2 Å². The fourth-order valence-electron chi connectivity index (χ4n) is 2.98. The SMILES string of the molecule is CC(Br)C(=O)c1ccc(NC(=O)CCC2CCCCC2)cc1. The lowest BCUT2D eigenvalue weighted by Crippen LogP contribution is -2.15. The van der Waals surface area contributed by atoms with Gasteiger partial charge in [-0.25, -0.2) is 0 Å². The van der Waals surface area contributed by atoms with Crippen LogP contribution in [0, 0.1) is 5.92 Å². The number of nitrogens with one attached hydrogen (secondary N) is 1. The molecule has 1 aromatic rings. The maximum atomic E-state index is 12.0. The van der Waals surface area contributed by atoms with E-state index >= 15 is 0 Å². The van der Waals surface area contributed by atoms with Gasteiger partial charge in [0.1, 0.15) is 0 Å². The van der Waals surface area contributed by atoms with Gasteiger partial charge in [-0.15, -0.1) is 0 Å². The molecule has 1 aromatic carbocycles. The Labute approximate surface area is 141 Å². The molecule has 0 heterocycles. The molecule has 0 radical (unpaired) electrons. The third-order valence-corrected chi connectivity index (χ3v) is 4.73. The third-order valence-electron chi connectivity index (χ3n) is 4.32. The number of amides is 1. The largest absolute Gasteiger partial charge is 0.326 e. The van der Waals surface area contributed by atoms with E-state index in [9.17, 15) is 9.59 Å². The topological polar surface area (TPSA) is 46.2 Å². The van der Waals surface area contributed by atoms with Crippen LogP contribution in [0.4, 0.5) is 5.69 Å². The quantitative estimate of drug-likeness (QED) is 0.572. The van der Waals surface area contributed by atoms with Crippen LogP contribution in [0.5, 0.6) is 0 Å². The van der Waals surface area contributed by atoms with E-state index in [2.05, 4.69) is 21.2 Å². The van der Waals surface area contributed by atoms with Gasteiger partial charge in [-0.05, 0) is 43.5 Å². The van der Waals surface area contributed by atoms with Crippen molar-refractivity contribution in [1.82, 2.24) is 0 Å². The average molecular weight is 366 g/mol. The molecule has 4 heteroatoms. The van der Waals surface area contributed by atoms with Crippen LogP contribution in [-0.2, 0) is 4.79 Å². The number of alkyl halides is 1. The fraction of sp³-hybridized carbons (Fsp3) is 0.556. The minimum atomic E-state index is -0.191. The number of carbonyl (C=O) groups is 2. The highest BCUT2D eigenvalue weighted by molar-refractivity contribution is 9.10. The number of anilines is 1. The molecule has 120 valence electrons. The van der Waals surface area contributed by atoms with Gasteiger partial charge in [0.25, 0.3) is 0 Å². The van der Waals surface area contributed by atoms with Crippen LogP contribution in [0.2, 0.25) is 0 Å². The van der Waals surface area contributed by atoms with Crippen LogP contribution in [0.25, 0.3) is 0 Å². The molecule has 22 heavy (non-hydrogen) atoms. The Morgan fingerprint density at radius 1 is 1.18 bits per heavy atom. The Bertz CT molecular complexity index is 504. The van der Waals surface area contributed by atoms with E-state index in [0.717, 1.165) is 18.0 Å². The lowest BCUT2D eigenvalue weighted by Gasteiger charge is -2.21. The van der Waals surface area contributed by atoms with E-state index in [1.165, 1.54) is 32.1 Å². The zero-order valence-corrected chi connectivity index (χ0v) is 14.7. The minimum absolute atomic E-state index is 0.0511. The molecule has 0 bridgehead atoms. The Balaban J connectivity index is 1.80. The Kier molecular flexibility index (Phi) is 6.62. The lowest BCUT2D eigenvalue weighted by atomic mass is 9.86. The van der Waals surface area contributed by atoms with Crippen LogP contribution in [-0.4, -0.2) is 16.5 Å². The molecule has 0 saturated heterocycles. The predicted octanol–water partition coefficient (Wildman–Crippen LogP) is 4.95. The number of hydrogen-bond acceptors (Lipinski definition) is 2. The van der Waals surface area contributed by atoms with Crippen molar-refractivity contribution in [2.45, 2.75) is 56.7 Å². The number of ketones is 1. The summed E-state index contributed by atoms with van der Waals surface area (Å²) in [5.74, 6) is 0.841. The number of carbonyl (C=O) groups excluding carboxylic acids is 2. The monoisotopic (exact) mass is 365 g/mol. The van der Waals surface area contributed by atoms with E-state index < -0.39 is 0 Å². The highest BCUT2D eigenvalue weighted by Crippen LogP contribution is 2.27. The Morgan fingerprint density at radius 3 is 2.41 bits per heavy atom.